The maximum Gasteiger partial charge on any atom is 0.219 e. The van der Waals surface area contributed by atoms with E-state index in [1.54, 1.807) is 12.4 Å². The van der Waals surface area contributed by atoms with E-state index in [1.165, 1.54) is 0 Å². The Labute approximate surface area is 88.8 Å². The third-order valence-corrected chi connectivity index (χ3v) is 2.06. The molecule has 2 aromatic rings. The van der Waals surface area contributed by atoms with E-state index in [4.69, 9.17) is 4.74 Å². The van der Waals surface area contributed by atoms with Crippen molar-refractivity contribution in [3.05, 3.63) is 47.9 Å². The number of hydrogen-bond donors (Lipinski definition) is 0. The first kappa shape index (κ1) is 9.65. The molecule has 2 rings (SSSR count). The number of hydrogen-bond acceptors (Lipinski definition) is 3. The van der Waals surface area contributed by atoms with E-state index in [9.17, 15) is 0 Å². The monoisotopic (exact) mass is 200 g/mol. The molecule has 3 nitrogen and oxygen atoms in total. The van der Waals surface area contributed by atoms with Crippen LogP contribution in [0.25, 0.3) is 0 Å². The van der Waals surface area contributed by atoms with Gasteiger partial charge in [0.25, 0.3) is 0 Å². The van der Waals surface area contributed by atoms with E-state index >= 15 is 0 Å². The van der Waals surface area contributed by atoms with Gasteiger partial charge < -0.3 is 4.74 Å². The molecule has 0 aromatic carbocycles. The molecule has 2 heterocycles. The molecule has 0 unspecified atom stereocenters. The predicted octanol–water partition coefficient (Wildman–Crippen LogP) is 2.89. The van der Waals surface area contributed by atoms with Gasteiger partial charge in [0, 0.05) is 18.5 Å². The summed E-state index contributed by atoms with van der Waals surface area (Å²) in [6.45, 7) is 3.91. The summed E-state index contributed by atoms with van der Waals surface area (Å²) in [4.78, 5) is 8.27. The topological polar surface area (TPSA) is 35.0 Å². The number of aromatic nitrogens is 2. The van der Waals surface area contributed by atoms with Crippen LogP contribution in [0.15, 0.2) is 36.7 Å². The lowest BCUT2D eigenvalue weighted by atomic mass is 10.3. The molecule has 0 aliphatic heterocycles. The Hall–Kier alpha value is -1.90. The van der Waals surface area contributed by atoms with Gasteiger partial charge >= 0.3 is 0 Å². The Kier molecular flexibility index (Phi) is 2.63. The van der Waals surface area contributed by atoms with Gasteiger partial charge in [-0.15, -0.1) is 0 Å². The van der Waals surface area contributed by atoms with Crippen LogP contribution in [0.5, 0.6) is 11.6 Å². The average Bonchev–Trinajstić information content (AvgIpc) is 2.22. The van der Waals surface area contributed by atoms with Gasteiger partial charge in [0.1, 0.15) is 0 Å². The summed E-state index contributed by atoms with van der Waals surface area (Å²) in [5.74, 6) is 1.35. The minimum absolute atomic E-state index is 0.603. The second kappa shape index (κ2) is 4.09. The summed E-state index contributed by atoms with van der Waals surface area (Å²) >= 11 is 0. The molecule has 3 heteroatoms. The zero-order valence-corrected chi connectivity index (χ0v) is 8.77. The average molecular weight is 200 g/mol. The number of nitrogens with zero attached hydrogens (tertiary/aromatic N) is 2. The van der Waals surface area contributed by atoms with Crippen molar-refractivity contribution in [2.24, 2.45) is 0 Å². The molecule has 15 heavy (non-hydrogen) atoms. The predicted molar refractivity (Wildman–Crippen MR) is 58.0 cm³/mol. The Morgan fingerprint density at radius 1 is 1.07 bits per heavy atom. The smallest absolute Gasteiger partial charge is 0.219 e. The van der Waals surface area contributed by atoms with Crippen molar-refractivity contribution in [1.82, 2.24) is 9.97 Å². The van der Waals surface area contributed by atoms with Gasteiger partial charge in [-0.25, -0.2) is 4.98 Å². The summed E-state index contributed by atoms with van der Waals surface area (Å²) in [6.07, 6.45) is 3.47. The highest BCUT2D eigenvalue weighted by atomic mass is 16.5. The van der Waals surface area contributed by atoms with Crippen molar-refractivity contribution >= 4 is 0 Å². The van der Waals surface area contributed by atoms with Crippen LogP contribution in [0.4, 0.5) is 0 Å². The minimum atomic E-state index is 0.603. The molecular weight excluding hydrogens is 188 g/mol. The van der Waals surface area contributed by atoms with Crippen LogP contribution in [0.1, 0.15) is 11.3 Å². The molecule has 0 aliphatic carbocycles. The Balaban J connectivity index is 2.26. The molecule has 0 bridgehead atoms. The Bertz CT molecular complexity index is 469. The van der Waals surface area contributed by atoms with Gasteiger partial charge in [-0.1, -0.05) is 0 Å². The molecular formula is C12H12N2O. The number of pyridine rings is 2. The first-order valence-electron chi connectivity index (χ1n) is 4.78. The quantitative estimate of drug-likeness (QED) is 0.747. The van der Waals surface area contributed by atoms with E-state index in [1.807, 2.05) is 38.1 Å². The minimum Gasteiger partial charge on any atom is -0.437 e. The third kappa shape index (κ3) is 2.31. The Morgan fingerprint density at radius 2 is 1.93 bits per heavy atom. The number of ether oxygens (including phenoxy) is 1. The lowest BCUT2D eigenvalue weighted by molar-refractivity contribution is 0.456. The van der Waals surface area contributed by atoms with Crippen LogP contribution in [-0.2, 0) is 0 Å². The number of rotatable bonds is 2. The summed E-state index contributed by atoms with van der Waals surface area (Å²) in [5, 5.41) is 0. The molecule has 76 valence electrons. The van der Waals surface area contributed by atoms with Crippen LogP contribution < -0.4 is 4.74 Å². The summed E-state index contributed by atoms with van der Waals surface area (Å²) in [7, 11) is 0. The zero-order chi connectivity index (χ0) is 10.7. The van der Waals surface area contributed by atoms with Crippen molar-refractivity contribution in [3.8, 4) is 11.6 Å². The van der Waals surface area contributed by atoms with E-state index in [-0.39, 0.29) is 0 Å². The fourth-order valence-electron chi connectivity index (χ4n) is 1.25. The Morgan fingerprint density at radius 3 is 2.67 bits per heavy atom. The lowest BCUT2D eigenvalue weighted by Crippen LogP contribution is -1.91. The third-order valence-electron chi connectivity index (χ3n) is 2.06. The first-order valence-corrected chi connectivity index (χ1v) is 4.78. The van der Waals surface area contributed by atoms with Crippen molar-refractivity contribution in [2.45, 2.75) is 13.8 Å². The maximum absolute atomic E-state index is 5.62. The van der Waals surface area contributed by atoms with Crippen LogP contribution in [0.3, 0.4) is 0 Å². The van der Waals surface area contributed by atoms with Crippen molar-refractivity contribution < 1.29 is 4.74 Å². The van der Waals surface area contributed by atoms with Gasteiger partial charge in [0.05, 0.1) is 5.69 Å². The summed E-state index contributed by atoms with van der Waals surface area (Å²) in [6, 6.07) is 7.56. The molecule has 0 spiro atoms. The van der Waals surface area contributed by atoms with Gasteiger partial charge in [-0.05, 0) is 37.6 Å². The molecule has 0 fully saturated rings. The van der Waals surface area contributed by atoms with Crippen LogP contribution in [0.2, 0.25) is 0 Å². The van der Waals surface area contributed by atoms with Crippen LogP contribution in [0, 0.1) is 13.8 Å². The summed E-state index contributed by atoms with van der Waals surface area (Å²) in [5.41, 5.74) is 1.99. The molecule has 0 radical (unpaired) electrons. The second-order valence-electron chi connectivity index (χ2n) is 3.36. The molecule has 2 aromatic heterocycles. The normalized spacial score (nSPS) is 10.0. The number of aryl methyl sites for hydroxylation is 2. The maximum atomic E-state index is 5.62. The largest absolute Gasteiger partial charge is 0.437 e. The van der Waals surface area contributed by atoms with E-state index in [0.29, 0.717) is 5.88 Å². The fraction of sp³-hybridized carbons (Fsp3) is 0.167. The van der Waals surface area contributed by atoms with Gasteiger partial charge in [0.2, 0.25) is 5.88 Å². The molecule has 0 atom stereocenters. The molecule has 0 saturated heterocycles. The van der Waals surface area contributed by atoms with E-state index in [2.05, 4.69) is 9.97 Å². The van der Waals surface area contributed by atoms with Crippen LogP contribution in [-0.4, -0.2) is 9.97 Å². The molecule has 0 saturated carbocycles. The summed E-state index contributed by atoms with van der Waals surface area (Å²) < 4.78 is 5.62. The van der Waals surface area contributed by atoms with E-state index < -0.39 is 0 Å². The molecule has 0 aliphatic rings. The van der Waals surface area contributed by atoms with Crippen molar-refractivity contribution in [1.29, 1.82) is 0 Å². The van der Waals surface area contributed by atoms with E-state index in [0.717, 1.165) is 17.0 Å². The fourth-order valence-corrected chi connectivity index (χ4v) is 1.25. The second-order valence-corrected chi connectivity index (χ2v) is 3.36. The first-order chi connectivity index (χ1) is 7.25. The highest BCUT2D eigenvalue weighted by molar-refractivity contribution is 5.30. The SMILES string of the molecule is Cc1ccnc(Oc2cccnc2C)c1. The van der Waals surface area contributed by atoms with Crippen LogP contribution >= 0.6 is 0 Å². The standard InChI is InChI=1S/C12H12N2O/c1-9-5-7-14-12(8-9)15-11-4-3-6-13-10(11)2/h3-8H,1-2H3. The van der Waals surface area contributed by atoms with Gasteiger partial charge in [-0.3, -0.25) is 4.98 Å². The van der Waals surface area contributed by atoms with Gasteiger partial charge in [0.15, 0.2) is 5.75 Å². The van der Waals surface area contributed by atoms with Gasteiger partial charge in [-0.2, -0.15) is 0 Å². The lowest BCUT2D eigenvalue weighted by Gasteiger charge is -2.06. The highest BCUT2D eigenvalue weighted by Gasteiger charge is 2.01. The highest BCUT2D eigenvalue weighted by Crippen LogP contribution is 2.21. The zero-order valence-electron chi connectivity index (χ0n) is 8.77. The molecule has 0 N–H and O–H groups in total. The van der Waals surface area contributed by atoms with Crippen molar-refractivity contribution in [2.75, 3.05) is 0 Å². The molecule has 0 amide bonds. The van der Waals surface area contributed by atoms with Crippen molar-refractivity contribution in [3.63, 3.8) is 0 Å².